The molecule has 3 aromatic carbocycles. The van der Waals surface area contributed by atoms with Gasteiger partial charge in [-0.25, -0.2) is 21.2 Å². The average molecular weight is 534 g/mol. The van der Waals surface area contributed by atoms with Gasteiger partial charge in [0, 0.05) is 18.8 Å². The quantitative estimate of drug-likeness (QED) is 0.477. The Morgan fingerprint density at radius 1 is 0.861 bits per heavy atom. The first-order valence-electron chi connectivity index (χ1n) is 11.0. The minimum Gasteiger partial charge on any atom is -0.379 e. The number of benzene rings is 3. The molecule has 0 atom stereocenters. The molecular formula is C24H24FN3O6S2. The van der Waals surface area contributed by atoms with E-state index in [1.54, 1.807) is 6.07 Å². The maximum Gasteiger partial charge on any atom is 0.264 e. The van der Waals surface area contributed by atoms with Crippen LogP contribution < -0.4 is 9.62 Å². The molecule has 1 aliphatic rings. The fourth-order valence-corrected chi connectivity index (χ4v) is 6.51. The van der Waals surface area contributed by atoms with Crippen LogP contribution >= 0.6 is 0 Å². The first-order valence-corrected chi connectivity index (χ1v) is 13.9. The van der Waals surface area contributed by atoms with Crippen LogP contribution in [0.2, 0.25) is 0 Å². The number of rotatable bonds is 8. The number of hydrogen-bond donors (Lipinski definition) is 1. The highest BCUT2D eigenvalue weighted by Crippen LogP contribution is 2.26. The number of para-hydroxylation sites is 1. The van der Waals surface area contributed by atoms with Gasteiger partial charge in [-0.2, -0.15) is 4.31 Å². The fourth-order valence-electron chi connectivity index (χ4n) is 3.65. The molecule has 36 heavy (non-hydrogen) atoms. The Hall–Kier alpha value is -3.32. The third kappa shape index (κ3) is 5.57. The second-order valence-electron chi connectivity index (χ2n) is 7.87. The van der Waals surface area contributed by atoms with E-state index in [0.29, 0.717) is 17.5 Å². The van der Waals surface area contributed by atoms with Crippen LogP contribution in [0.25, 0.3) is 0 Å². The second-order valence-corrected chi connectivity index (χ2v) is 11.7. The first-order chi connectivity index (χ1) is 17.2. The number of hydrogen-bond acceptors (Lipinski definition) is 6. The number of carbonyl (C=O) groups is 1. The highest BCUT2D eigenvalue weighted by atomic mass is 32.2. The number of nitrogens with zero attached hydrogens (tertiary/aromatic N) is 2. The molecule has 0 radical (unpaired) electrons. The molecule has 0 saturated carbocycles. The van der Waals surface area contributed by atoms with Gasteiger partial charge in [-0.05, 0) is 48.5 Å². The van der Waals surface area contributed by atoms with Gasteiger partial charge in [-0.1, -0.05) is 30.3 Å². The van der Waals surface area contributed by atoms with E-state index in [1.165, 1.54) is 71.0 Å². The predicted octanol–water partition coefficient (Wildman–Crippen LogP) is 2.68. The number of nitrogens with one attached hydrogen (secondary N) is 1. The monoisotopic (exact) mass is 533 g/mol. The summed E-state index contributed by atoms with van der Waals surface area (Å²) in [5.41, 5.74) is -0.0185. The van der Waals surface area contributed by atoms with Gasteiger partial charge in [-0.3, -0.25) is 9.10 Å². The normalized spacial score (nSPS) is 14.8. The van der Waals surface area contributed by atoms with Crippen LogP contribution in [0.1, 0.15) is 0 Å². The topological polar surface area (TPSA) is 113 Å². The molecule has 0 aliphatic carbocycles. The van der Waals surface area contributed by atoms with Gasteiger partial charge in [0.05, 0.1) is 28.7 Å². The van der Waals surface area contributed by atoms with Crippen molar-refractivity contribution in [2.45, 2.75) is 9.79 Å². The predicted molar refractivity (Wildman–Crippen MR) is 132 cm³/mol. The lowest BCUT2D eigenvalue weighted by Crippen LogP contribution is -2.40. The summed E-state index contributed by atoms with van der Waals surface area (Å²) in [7, 11) is -7.97. The lowest BCUT2D eigenvalue weighted by atomic mass is 10.3. The third-order valence-corrected chi connectivity index (χ3v) is 9.17. The van der Waals surface area contributed by atoms with Crippen molar-refractivity contribution in [2.75, 3.05) is 42.5 Å². The third-order valence-electron chi connectivity index (χ3n) is 5.49. The van der Waals surface area contributed by atoms with Crippen molar-refractivity contribution >= 4 is 37.3 Å². The molecule has 1 saturated heterocycles. The Morgan fingerprint density at radius 2 is 1.47 bits per heavy atom. The molecule has 0 bridgehead atoms. The van der Waals surface area contributed by atoms with E-state index < -0.39 is 38.3 Å². The summed E-state index contributed by atoms with van der Waals surface area (Å²) in [6.45, 7) is 0.437. The Morgan fingerprint density at radius 3 is 2.11 bits per heavy atom. The number of ether oxygens (including phenoxy) is 1. The number of halogens is 1. The van der Waals surface area contributed by atoms with Crippen molar-refractivity contribution in [3.05, 3.63) is 84.7 Å². The van der Waals surface area contributed by atoms with Crippen molar-refractivity contribution in [3.8, 4) is 0 Å². The minimum atomic E-state index is -4.27. The van der Waals surface area contributed by atoms with E-state index in [-0.39, 0.29) is 34.3 Å². The van der Waals surface area contributed by atoms with Crippen LogP contribution in [-0.4, -0.2) is 59.9 Å². The molecule has 9 nitrogen and oxygen atoms in total. The van der Waals surface area contributed by atoms with Gasteiger partial charge in [0.15, 0.2) is 0 Å². The van der Waals surface area contributed by atoms with Crippen molar-refractivity contribution < 1.29 is 30.8 Å². The van der Waals surface area contributed by atoms with Gasteiger partial charge < -0.3 is 10.1 Å². The molecule has 1 aliphatic heterocycles. The molecular weight excluding hydrogens is 509 g/mol. The maximum atomic E-state index is 14.6. The Balaban J connectivity index is 1.54. The van der Waals surface area contributed by atoms with Crippen molar-refractivity contribution in [3.63, 3.8) is 0 Å². The van der Waals surface area contributed by atoms with Crippen molar-refractivity contribution in [1.29, 1.82) is 0 Å². The fraction of sp³-hybridized carbons (Fsp3) is 0.208. The highest BCUT2D eigenvalue weighted by Gasteiger charge is 2.29. The molecule has 1 amide bonds. The molecule has 0 aromatic heterocycles. The van der Waals surface area contributed by atoms with Gasteiger partial charge in [-0.15, -0.1) is 0 Å². The van der Waals surface area contributed by atoms with E-state index in [2.05, 4.69) is 5.32 Å². The minimum absolute atomic E-state index is 0.0574. The average Bonchev–Trinajstić information content (AvgIpc) is 2.89. The number of sulfonamides is 2. The molecule has 0 spiro atoms. The summed E-state index contributed by atoms with van der Waals surface area (Å²) in [5.74, 6) is -1.54. The van der Waals surface area contributed by atoms with Crippen molar-refractivity contribution in [2.24, 2.45) is 0 Å². The van der Waals surface area contributed by atoms with Gasteiger partial charge >= 0.3 is 0 Å². The van der Waals surface area contributed by atoms with Crippen LogP contribution in [0.4, 0.5) is 15.8 Å². The van der Waals surface area contributed by atoms with Gasteiger partial charge in [0.2, 0.25) is 15.9 Å². The maximum absolute atomic E-state index is 14.6. The number of amides is 1. The van der Waals surface area contributed by atoms with E-state index in [0.717, 1.165) is 6.07 Å². The molecule has 3 aromatic rings. The number of anilines is 2. The molecule has 4 rings (SSSR count). The van der Waals surface area contributed by atoms with E-state index in [9.17, 15) is 26.0 Å². The largest absolute Gasteiger partial charge is 0.379 e. The van der Waals surface area contributed by atoms with Gasteiger partial charge in [0.1, 0.15) is 12.4 Å². The smallest absolute Gasteiger partial charge is 0.264 e. The molecule has 1 fully saturated rings. The summed E-state index contributed by atoms with van der Waals surface area (Å²) in [4.78, 5) is 12.8. The summed E-state index contributed by atoms with van der Waals surface area (Å²) in [6.07, 6.45) is 0. The highest BCUT2D eigenvalue weighted by molar-refractivity contribution is 7.92. The lowest BCUT2D eigenvalue weighted by molar-refractivity contribution is -0.114. The van der Waals surface area contributed by atoms with Crippen LogP contribution in [0, 0.1) is 5.82 Å². The Labute approximate surface area is 209 Å². The van der Waals surface area contributed by atoms with E-state index >= 15 is 0 Å². The van der Waals surface area contributed by atoms with Crippen LogP contribution in [0.5, 0.6) is 0 Å². The molecule has 190 valence electrons. The molecule has 1 heterocycles. The number of carbonyl (C=O) groups excluding carboxylic acids is 1. The Kier molecular flexibility index (Phi) is 7.69. The summed E-state index contributed by atoms with van der Waals surface area (Å²) < 4.78 is 73.9. The summed E-state index contributed by atoms with van der Waals surface area (Å²) in [5, 5.41) is 2.55. The summed E-state index contributed by atoms with van der Waals surface area (Å²) in [6, 6.07) is 18.2. The van der Waals surface area contributed by atoms with Crippen LogP contribution in [0.15, 0.2) is 88.7 Å². The van der Waals surface area contributed by atoms with Gasteiger partial charge in [0.25, 0.3) is 10.0 Å². The standard InChI is InChI=1S/C24H24FN3O6S2/c25-22-8-4-5-9-23(22)28(36(32,33)20-6-2-1-3-7-20)18-24(29)26-19-10-12-21(13-11-19)35(30,31)27-14-16-34-17-15-27/h1-13H,14-18H2,(H,26,29). The zero-order valence-electron chi connectivity index (χ0n) is 19.1. The first kappa shape index (κ1) is 25.8. The van der Waals surface area contributed by atoms with E-state index in [1.807, 2.05) is 0 Å². The SMILES string of the molecule is O=C(CN(c1ccccc1F)S(=O)(=O)c1ccccc1)Nc1ccc(S(=O)(=O)N2CCOCC2)cc1. The van der Waals surface area contributed by atoms with Crippen molar-refractivity contribution in [1.82, 2.24) is 4.31 Å². The number of morpholine rings is 1. The van der Waals surface area contributed by atoms with Crippen LogP contribution in [-0.2, 0) is 29.6 Å². The Bertz CT molecular complexity index is 1430. The molecule has 1 N–H and O–H groups in total. The molecule has 12 heteroatoms. The zero-order chi connectivity index (χ0) is 25.8. The summed E-state index contributed by atoms with van der Waals surface area (Å²) >= 11 is 0. The lowest BCUT2D eigenvalue weighted by Gasteiger charge is -2.26. The van der Waals surface area contributed by atoms with Crippen LogP contribution in [0.3, 0.4) is 0 Å². The molecule has 0 unspecified atom stereocenters. The zero-order valence-corrected chi connectivity index (χ0v) is 20.7. The van der Waals surface area contributed by atoms with E-state index in [4.69, 9.17) is 4.74 Å². The second kappa shape index (κ2) is 10.7.